The Hall–Kier alpha value is -0.540. The fourth-order valence-electron chi connectivity index (χ4n) is 2.65. The number of rotatable bonds is 4. The van der Waals surface area contributed by atoms with Crippen LogP contribution in [0.3, 0.4) is 0 Å². The maximum atomic E-state index is 5.95. The van der Waals surface area contributed by atoms with E-state index in [-0.39, 0.29) is 0 Å². The lowest BCUT2D eigenvalue weighted by Gasteiger charge is -2.28. The number of halogens is 1. The van der Waals surface area contributed by atoms with Crippen molar-refractivity contribution in [1.82, 2.24) is 14.9 Å². The Bertz CT molecular complexity index is 362. The van der Waals surface area contributed by atoms with Crippen LogP contribution in [0.1, 0.15) is 38.4 Å². The van der Waals surface area contributed by atoms with Gasteiger partial charge in [0.15, 0.2) is 0 Å². The molecule has 0 aromatic carbocycles. The Morgan fingerprint density at radius 3 is 2.88 bits per heavy atom. The Labute approximate surface area is 109 Å². The van der Waals surface area contributed by atoms with Gasteiger partial charge in [0.05, 0.1) is 12.7 Å². The first-order valence-corrected chi connectivity index (χ1v) is 6.93. The predicted molar refractivity (Wildman–Crippen MR) is 71.0 cm³/mol. The van der Waals surface area contributed by atoms with Crippen LogP contribution in [0, 0.1) is 11.8 Å². The highest BCUT2D eigenvalue weighted by molar-refractivity contribution is 6.29. The van der Waals surface area contributed by atoms with Crippen LogP contribution in [0.5, 0.6) is 0 Å². The smallest absolute Gasteiger partial charge is 0.128 e. The summed E-state index contributed by atoms with van der Waals surface area (Å²) in [7, 11) is 1.95. The van der Waals surface area contributed by atoms with E-state index in [4.69, 9.17) is 11.6 Å². The third kappa shape index (κ3) is 3.23. The van der Waals surface area contributed by atoms with E-state index in [2.05, 4.69) is 17.2 Å². The van der Waals surface area contributed by atoms with Crippen LogP contribution in [0.25, 0.3) is 0 Å². The molecule has 0 amide bonds. The number of nitrogens with zero attached hydrogens (tertiary/aromatic N) is 2. The largest absolute Gasteiger partial charge is 0.321 e. The first-order chi connectivity index (χ1) is 8.18. The maximum absolute atomic E-state index is 5.95. The van der Waals surface area contributed by atoms with Crippen LogP contribution in [0.15, 0.2) is 6.20 Å². The van der Waals surface area contributed by atoms with Crippen molar-refractivity contribution in [3.05, 3.63) is 17.2 Å². The molecule has 1 aromatic rings. The molecule has 1 heterocycles. The zero-order chi connectivity index (χ0) is 12.3. The van der Waals surface area contributed by atoms with E-state index in [1.165, 1.54) is 25.7 Å². The molecule has 2 unspecified atom stereocenters. The summed E-state index contributed by atoms with van der Waals surface area (Å²) >= 11 is 5.95. The molecule has 17 heavy (non-hydrogen) atoms. The van der Waals surface area contributed by atoms with E-state index in [1.807, 2.05) is 11.6 Å². The zero-order valence-corrected chi connectivity index (χ0v) is 11.5. The zero-order valence-electron chi connectivity index (χ0n) is 10.7. The molecule has 0 bridgehead atoms. The molecule has 2 atom stereocenters. The average Bonchev–Trinajstić information content (AvgIpc) is 2.63. The molecule has 0 radical (unpaired) electrons. The highest BCUT2D eigenvalue weighted by atomic mass is 35.5. The van der Waals surface area contributed by atoms with Gasteiger partial charge in [-0.15, -0.1) is 0 Å². The van der Waals surface area contributed by atoms with Gasteiger partial charge in [0, 0.05) is 7.05 Å². The number of aromatic nitrogens is 2. The summed E-state index contributed by atoms with van der Waals surface area (Å²) in [6.45, 7) is 4.29. The van der Waals surface area contributed by atoms with Crippen molar-refractivity contribution >= 4 is 11.6 Å². The summed E-state index contributed by atoms with van der Waals surface area (Å²) in [5.41, 5.74) is 0. The van der Waals surface area contributed by atoms with Crippen molar-refractivity contribution in [3.63, 3.8) is 0 Å². The number of nitrogens with one attached hydrogen (secondary N) is 1. The second-order valence-corrected chi connectivity index (χ2v) is 5.60. The topological polar surface area (TPSA) is 29.9 Å². The summed E-state index contributed by atoms with van der Waals surface area (Å²) in [6, 6.07) is 0. The second-order valence-electron chi connectivity index (χ2n) is 5.21. The lowest BCUT2D eigenvalue weighted by Crippen LogP contribution is -2.29. The van der Waals surface area contributed by atoms with E-state index in [1.54, 1.807) is 6.20 Å². The van der Waals surface area contributed by atoms with Crippen LogP contribution in [-0.4, -0.2) is 16.1 Å². The number of hydrogen-bond acceptors (Lipinski definition) is 2. The van der Waals surface area contributed by atoms with Crippen LogP contribution >= 0.6 is 11.6 Å². The molecule has 1 N–H and O–H groups in total. The summed E-state index contributed by atoms with van der Waals surface area (Å²) in [4.78, 5) is 4.29. The van der Waals surface area contributed by atoms with Crippen LogP contribution in [0.2, 0.25) is 5.15 Å². The van der Waals surface area contributed by atoms with Gasteiger partial charge in [0.25, 0.3) is 0 Å². The van der Waals surface area contributed by atoms with Crippen LogP contribution < -0.4 is 5.32 Å². The van der Waals surface area contributed by atoms with Crippen molar-refractivity contribution in [1.29, 1.82) is 0 Å². The summed E-state index contributed by atoms with van der Waals surface area (Å²) in [6.07, 6.45) is 7.27. The molecule has 1 aliphatic carbocycles. The Morgan fingerprint density at radius 2 is 2.24 bits per heavy atom. The third-order valence-corrected chi connectivity index (χ3v) is 4.36. The lowest BCUT2D eigenvalue weighted by atomic mass is 9.80. The molecular weight excluding hydrogens is 234 g/mol. The third-order valence-electron chi connectivity index (χ3n) is 4.01. The lowest BCUT2D eigenvalue weighted by molar-refractivity contribution is 0.247. The molecule has 96 valence electrons. The highest BCUT2D eigenvalue weighted by Crippen LogP contribution is 2.28. The van der Waals surface area contributed by atoms with Gasteiger partial charge < -0.3 is 9.88 Å². The van der Waals surface area contributed by atoms with Gasteiger partial charge in [-0.05, 0) is 24.8 Å². The SMILES string of the molecule is CC1CCCCC1CNCc1ncc(Cl)n1C. The van der Waals surface area contributed by atoms with E-state index in [0.717, 1.165) is 30.7 Å². The summed E-state index contributed by atoms with van der Waals surface area (Å²) < 4.78 is 1.93. The minimum atomic E-state index is 0.702. The first-order valence-electron chi connectivity index (χ1n) is 6.55. The van der Waals surface area contributed by atoms with Gasteiger partial charge in [-0.25, -0.2) is 4.98 Å². The van der Waals surface area contributed by atoms with Gasteiger partial charge in [-0.1, -0.05) is 37.8 Å². The number of hydrogen-bond donors (Lipinski definition) is 1. The van der Waals surface area contributed by atoms with E-state index in [0.29, 0.717) is 5.15 Å². The molecule has 0 aliphatic heterocycles. The van der Waals surface area contributed by atoms with E-state index in [9.17, 15) is 0 Å². The molecule has 1 aliphatic rings. The molecule has 0 saturated heterocycles. The molecule has 4 heteroatoms. The standard InChI is InChI=1S/C13H22ClN3/c1-10-5-3-4-6-11(10)7-15-9-13-16-8-12(14)17(13)2/h8,10-11,15H,3-7,9H2,1-2H3. The molecular formula is C13H22ClN3. The number of imidazole rings is 1. The summed E-state index contributed by atoms with van der Waals surface area (Å²) in [5, 5.41) is 4.22. The molecule has 2 rings (SSSR count). The van der Waals surface area contributed by atoms with Gasteiger partial charge in [0.2, 0.25) is 0 Å². The quantitative estimate of drug-likeness (QED) is 0.897. The Morgan fingerprint density at radius 1 is 1.47 bits per heavy atom. The minimum absolute atomic E-state index is 0.702. The second kappa shape index (κ2) is 5.87. The molecule has 1 aromatic heterocycles. The van der Waals surface area contributed by atoms with Crippen molar-refractivity contribution in [2.75, 3.05) is 6.54 Å². The fourth-order valence-corrected chi connectivity index (χ4v) is 2.80. The summed E-state index contributed by atoms with van der Waals surface area (Å²) in [5.74, 6) is 2.71. The minimum Gasteiger partial charge on any atom is -0.321 e. The van der Waals surface area contributed by atoms with Crippen molar-refractivity contribution in [2.45, 2.75) is 39.2 Å². The van der Waals surface area contributed by atoms with Gasteiger partial charge in [0.1, 0.15) is 11.0 Å². The molecule has 1 saturated carbocycles. The van der Waals surface area contributed by atoms with Gasteiger partial charge >= 0.3 is 0 Å². The maximum Gasteiger partial charge on any atom is 0.128 e. The van der Waals surface area contributed by atoms with E-state index < -0.39 is 0 Å². The monoisotopic (exact) mass is 255 g/mol. The molecule has 1 fully saturated rings. The van der Waals surface area contributed by atoms with Gasteiger partial charge in [-0.3, -0.25) is 0 Å². The van der Waals surface area contributed by atoms with Crippen molar-refractivity contribution < 1.29 is 0 Å². The molecule has 3 nitrogen and oxygen atoms in total. The van der Waals surface area contributed by atoms with Crippen LogP contribution in [0.4, 0.5) is 0 Å². The predicted octanol–water partition coefficient (Wildman–Crippen LogP) is 2.99. The average molecular weight is 256 g/mol. The van der Waals surface area contributed by atoms with Crippen molar-refractivity contribution in [2.24, 2.45) is 18.9 Å². The van der Waals surface area contributed by atoms with Gasteiger partial charge in [-0.2, -0.15) is 0 Å². The highest BCUT2D eigenvalue weighted by Gasteiger charge is 2.20. The molecule has 0 spiro atoms. The van der Waals surface area contributed by atoms with Crippen molar-refractivity contribution in [3.8, 4) is 0 Å². The fraction of sp³-hybridized carbons (Fsp3) is 0.769. The van der Waals surface area contributed by atoms with E-state index >= 15 is 0 Å². The normalized spacial score (nSPS) is 25.1. The Balaban J connectivity index is 1.77. The van der Waals surface area contributed by atoms with Crippen LogP contribution in [-0.2, 0) is 13.6 Å². The Kier molecular flexibility index (Phi) is 4.46. The first kappa shape index (κ1) is 12.9.